The first kappa shape index (κ1) is 15.2. The van der Waals surface area contributed by atoms with E-state index in [9.17, 15) is 15.2 Å². The number of fused-ring (bicyclic) bond motifs is 1. The van der Waals surface area contributed by atoms with Crippen LogP contribution in [-0.2, 0) is 0 Å². The molecule has 0 aliphatic rings. The standard InChI is InChI=1S/C17H13N3O4/c1-24-16-5-12-9(7-18)8-20(14(12)6-15(16)21)10-2-3-11(17(22)23)13(19)4-10/h2-6,8,21H,19H2,1H3,(H,22,23). The van der Waals surface area contributed by atoms with Gasteiger partial charge in [-0.15, -0.1) is 0 Å². The van der Waals surface area contributed by atoms with E-state index in [0.29, 0.717) is 22.2 Å². The summed E-state index contributed by atoms with van der Waals surface area (Å²) in [5, 5.41) is 29.0. The van der Waals surface area contributed by atoms with E-state index in [4.69, 9.17) is 15.6 Å². The van der Waals surface area contributed by atoms with E-state index in [1.165, 1.54) is 25.3 Å². The highest BCUT2D eigenvalue weighted by atomic mass is 16.5. The second-order valence-corrected chi connectivity index (χ2v) is 5.14. The highest BCUT2D eigenvalue weighted by Gasteiger charge is 2.15. The molecule has 4 N–H and O–H groups in total. The molecule has 0 aliphatic carbocycles. The summed E-state index contributed by atoms with van der Waals surface area (Å²) < 4.78 is 6.74. The lowest BCUT2D eigenvalue weighted by Gasteiger charge is -2.09. The van der Waals surface area contributed by atoms with Gasteiger partial charge in [0.05, 0.1) is 23.8 Å². The van der Waals surface area contributed by atoms with Gasteiger partial charge >= 0.3 is 5.97 Å². The largest absolute Gasteiger partial charge is 0.504 e. The van der Waals surface area contributed by atoms with Gasteiger partial charge in [-0.2, -0.15) is 5.26 Å². The van der Waals surface area contributed by atoms with E-state index in [1.54, 1.807) is 22.9 Å². The van der Waals surface area contributed by atoms with Gasteiger partial charge in [-0.3, -0.25) is 0 Å². The normalized spacial score (nSPS) is 10.5. The number of phenolic OH excluding ortho intramolecular Hbond substituents is 1. The van der Waals surface area contributed by atoms with Crippen molar-refractivity contribution in [1.29, 1.82) is 5.26 Å². The highest BCUT2D eigenvalue weighted by molar-refractivity contribution is 5.95. The molecule has 3 rings (SSSR count). The number of phenols is 1. The number of hydrogen-bond donors (Lipinski definition) is 3. The zero-order chi connectivity index (χ0) is 17.4. The Morgan fingerprint density at radius 3 is 2.67 bits per heavy atom. The smallest absolute Gasteiger partial charge is 0.337 e. The zero-order valence-electron chi connectivity index (χ0n) is 12.6. The summed E-state index contributed by atoms with van der Waals surface area (Å²) in [6.45, 7) is 0. The maximum absolute atomic E-state index is 11.1. The third kappa shape index (κ3) is 2.27. The topological polar surface area (TPSA) is 122 Å². The van der Waals surface area contributed by atoms with E-state index in [0.717, 1.165) is 0 Å². The molecule has 2 aromatic carbocycles. The van der Waals surface area contributed by atoms with Crippen molar-refractivity contribution < 1.29 is 19.7 Å². The lowest BCUT2D eigenvalue weighted by atomic mass is 10.1. The number of nitrogens with zero attached hydrogens (tertiary/aromatic N) is 2. The number of aromatic hydroxyl groups is 1. The highest BCUT2D eigenvalue weighted by Crippen LogP contribution is 2.35. The predicted octanol–water partition coefficient (Wildman–Crippen LogP) is 2.50. The minimum Gasteiger partial charge on any atom is -0.504 e. The molecule has 0 saturated carbocycles. The fourth-order valence-electron chi connectivity index (χ4n) is 2.60. The van der Waals surface area contributed by atoms with Gasteiger partial charge in [0.25, 0.3) is 0 Å². The van der Waals surface area contributed by atoms with Gasteiger partial charge in [-0.1, -0.05) is 0 Å². The molecule has 0 aliphatic heterocycles. The number of anilines is 1. The van der Waals surface area contributed by atoms with Crippen molar-refractivity contribution in [1.82, 2.24) is 4.57 Å². The molecule has 0 unspecified atom stereocenters. The second-order valence-electron chi connectivity index (χ2n) is 5.14. The molecular weight excluding hydrogens is 310 g/mol. The Labute approximate surface area is 136 Å². The Morgan fingerprint density at radius 2 is 2.08 bits per heavy atom. The molecule has 24 heavy (non-hydrogen) atoms. The lowest BCUT2D eigenvalue weighted by Crippen LogP contribution is -2.03. The maximum Gasteiger partial charge on any atom is 0.337 e. The SMILES string of the molecule is COc1cc2c(C#N)cn(-c3ccc(C(=O)O)c(N)c3)c2cc1O. The number of carboxylic acid groups (broad SMARTS) is 1. The number of rotatable bonds is 3. The molecule has 0 atom stereocenters. The molecule has 0 saturated heterocycles. The minimum absolute atomic E-state index is 0.000217. The average Bonchev–Trinajstić information content (AvgIpc) is 2.91. The van der Waals surface area contributed by atoms with Crippen LogP contribution in [0.25, 0.3) is 16.6 Å². The molecule has 7 nitrogen and oxygen atoms in total. The van der Waals surface area contributed by atoms with Crippen molar-refractivity contribution in [3.05, 3.63) is 47.7 Å². The number of carboxylic acids is 1. The van der Waals surface area contributed by atoms with Gasteiger partial charge in [-0.25, -0.2) is 4.79 Å². The Bertz CT molecular complexity index is 1010. The molecule has 3 aromatic rings. The van der Waals surface area contributed by atoms with Crippen molar-refractivity contribution in [3.63, 3.8) is 0 Å². The average molecular weight is 323 g/mol. The van der Waals surface area contributed by atoms with E-state index in [2.05, 4.69) is 6.07 Å². The fourth-order valence-corrected chi connectivity index (χ4v) is 2.60. The van der Waals surface area contributed by atoms with Crippen LogP contribution in [0, 0.1) is 11.3 Å². The van der Waals surface area contributed by atoms with Crippen LogP contribution in [0.5, 0.6) is 11.5 Å². The molecule has 0 spiro atoms. The Hall–Kier alpha value is -3.66. The van der Waals surface area contributed by atoms with Gasteiger partial charge in [0, 0.05) is 29.0 Å². The molecule has 120 valence electrons. The summed E-state index contributed by atoms with van der Waals surface area (Å²) in [4.78, 5) is 11.1. The molecule has 0 radical (unpaired) electrons. The first-order valence-electron chi connectivity index (χ1n) is 6.91. The number of aromatic nitrogens is 1. The van der Waals surface area contributed by atoms with Crippen LogP contribution in [0.2, 0.25) is 0 Å². The summed E-state index contributed by atoms with van der Waals surface area (Å²) in [6, 6.07) is 9.64. The quantitative estimate of drug-likeness (QED) is 0.637. The number of nitrogens with two attached hydrogens (primary N) is 1. The maximum atomic E-state index is 11.1. The van der Waals surface area contributed by atoms with Crippen LogP contribution in [0.3, 0.4) is 0 Å². The van der Waals surface area contributed by atoms with Gasteiger partial charge in [-0.05, 0) is 24.3 Å². The number of aromatic carboxylic acids is 1. The minimum atomic E-state index is -1.11. The number of ether oxygens (including phenoxy) is 1. The van der Waals surface area contributed by atoms with Crippen molar-refractivity contribution in [2.45, 2.75) is 0 Å². The summed E-state index contributed by atoms with van der Waals surface area (Å²) in [5.41, 5.74) is 7.45. The molecule has 0 fully saturated rings. The molecular formula is C17H13N3O4. The van der Waals surface area contributed by atoms with Gasteiger partial charge in [0.15, 0.2) is 11.5 Å². The molecule has 1 heterocycles. The summed E-state index contributed by atoms with van der Waals surface area (Å²) in [5.74, 6) is -0.919. The first-order chi connectivity index (χ1) is 11.5. The number of benzene rings is 2. The Kier molecular flexibility index (Phi) is 3.50. The summed E-state index contributed by atoms with van der Waals surface area (Å²) >= 11 is 0. The van der Waals surface area contributed by atoms with Gasteiger partial charge < -0.3 is 25.3 Å². The monoisotopic (exact) mass is 323 g/mol. The van der Waals surface area contributed by atoms with Crippen molar-refractivity contribution in [3.8, 4) is 23.3 Å². The molecule has 0 amide bonds. The van der Waals surface area contributed by atoms with E-state index < -0.39 is 5.97 Å². The molecule has 1 aromatic heterocycles. The van der Waals surface area contributed by atoms with Crippen LogP contribution in [0.4, 0.5) is 5.69 Å². The summed E-state index contributed by atoms with van der Waals surface area (Å²) in [7, 11) is 1.43. The Morgan fingerprint density at radius 1 is 1.33 bits per heavy atom. The third-order valence-corrected chi connectivity index (χ3v) is 3.77. The second kappa shape index (κ2) is 5.52. The van der Waals surface area contributed by atoms with Crippen molar-refractivity contribution in [2.24, 2.45) is 0 Å². The van der Waals surface area contributed by atoms with Crippen LogP contribution in [0.1, 0.15) is 15.9 Å². The molecule has 7 heteroatoms. The van der Waals surface area contributed by atoms with E-state index in [-0.39, 0.29) is 22.7 Å². The Balaban J connectivity index is 2.27. The molecule has 0 bridgehead atoms. The number of nitriles is 1. The number of nitrogen functional groups attached to an aromatic ring is 1. The van der Waals surface area contributed by atoms with E-state index >= 15 is 0 Å². The number of carbonyl (C=O) groups is 1. The van der Waals surface area contributed by atoms with Crippen LogP contribution < -0.4 is 10.5 Å². The third-order valence-electron chi connectivity index (χ3n) is 3.77. The van der Waals surface area contributed by atoms with Gasteiger partial charge in [0.2, 0.25) is 0 Å². The predicted molar refractivity (Wildman–Crippen MR) is 87.6 cm³/mol. The van der Waals surface area contributed by atoms with Crippen molar-refractivity contribution >= 4 is 22.6 Å². The first-order valence-corrected chi connectivity index (χ1v) is 6.91. The summed E-state index contributed by atoms with van der Waals surface area (Å²) in [6.07, 6.45) is 1.60. The van der Waals surface area contributed by atoms with Crippen LogP contribution in [-0.4, -0.2) is 27.9 Å². The number of methoxy groups -OCH3 is 1. The van der Waals surface area contributed by atoms with Crippen LogP contribution >= 0.6 is 0 Å². The van der Waals surface area contributed by atoms with E-state index in [1.807, 2.05) is 0 Å². The lowest BCUT2D eigenvalue weighted by molar-refractivity contribution is 0.0698. The number of hydrogen-bond acceptors (Lipinski definition) is 5. The zero-order valence-corrected chi connectivity index (χ0v) is 12.6. The fraction of sp³-hybridized carbons (Fsp3) is 0.0588. The van der Waals surface area contributed by atoms with Crippen LogP contribution in [0.15, 0.2) is 36.5 Å². The van der Waals surface area contributed by atoms with Gasteiger partial charge in [0.1, 0.15) is 6.07 Å². The van der Waals surface area contributed by atoms with Crippen molar-refractivity contribution in [2.75, 3.05) is 12.8 Å².